The average Bonchev–Trinajstić information content (AvgIpc) is 2.81. The standard InChI is InChI=1S/C32H66/c1-4-7-10-11-12-13-14-15-16-17-18-19-20-21-22-23-24-25-26-28-31-32(29-9-6-3)30-27-8-5-2/h32H,4-31H2,1-3H3. The summed E-state index contributed by atoms with van der Waals surface area (Å²) in [7, 11) is 0. The van der Waals surface area contributed by atoms with Crippen LogP contribution in [0.3, 0.4) is 0 Å². The third-order valence-electron chi connectivity index (χ3n) is 7.65. The van der Waals surface area contributed by atoms with E-state index >= 15 is 0 Å². The molecule has 0 aromatic rings. The molecule has 0 heterocycles. The summed E-state index contributed by atoms with van der Waals surface area (Å²) in [5.41, 5.74) is 0. The summed E-state index contributed by atoms with van der Waals surface area (Å²) in [6.45, 7) is 6.99. The van der Waals surface area contributed by atoms with Gasteiger partial charge in [-0.25, -0.2) is 0 Å². The van der Waals surface area contributed by atoms with Crippen molar-refractivity contribution in [3.8, 4) is 0 Å². The molecule has 0 saturated carbocycles. The molecule has 0 nitrogen and oxygen atoms in total. The van der Waals surface area contributed by atoms with Crippen LogP contribution in [0.4, 0.5) is 0 Å². The first kappa shape index (κ1) is 32.0. The number of hydrogen-bond acceptors (Lipinski definition) is 0. The van der Waals surface area contributed by atoms with Crippen LogP contribution in [0.25, 0.3) is 0 Å². The van der Waals surface area contributed by atoms with Gasteiger partial charge >= 0.3 is 0 Å². The maximum Gasteiger partial charge on any atom is -0.0414 e. The lowest BCUT2D eigenvalue weighted by Gasteiger charge is -2.16. The van der Waals surface area contributed by atoms with Gasteiger partial charge in [0.2, 0.25) is 0 Å². The number of hydrogen-bond donors (Lipinski definition) is 0. The van der Waals surface area contributed by atoms with Crippen LogP contribution in [0.15, 0.2) is 0 Å². The van der Waals surface area contributed by atoms with Crippen molar-refractivity contribution in [3.63, 3.8) is 0 Å². The molecule has 0 rings (SSSR count). The Balaban J connectivity index is 3.25. The summed E-state index contributed by atoms with van der Waals surface area (Å²) in [4.78, 5) is 0. The molecule has 0 N–H and O–H groups in total. The summed E-state index contributed by atoms with van der Waals surface area (Å²) in [6, 6.07) is 0. The molecule has 1 unspecified atom stereocenters. The zero-order valence-electron chi connectivity index (χ0n) is 23.4. The highest BCUT2D eigenvalue weighted by molar-refractivity contribution is 4.61. The predicted molar refractivity (Wildman–Crippen MR) is 150 cm³/mol. The molecule has 32 heavy (non-hydrogen) atoms. The Morgan fingerprint density at radius 3 is 0.812 bits per heavy atom. The van der Waals surface area contributed by atoms with Crippen molar-refractivity contribution < 1.29 is 0 Å². The largest absolute Gasteiger partial charge is 0.0654 e. The van der Waals surface area contributed by atoms with Crippen LogP contribution in [0, 0.1) is 5.92 Å². The fourth-order valence-corrected chi connectivity index (χ4v) is 5.30. The van der Waals surface area contributed by atoms with Crippen LogP contribution >= 0.6 is 0 Å². The molecular formula is C32H66. The lowest BCUT2D eigenvalue weighted by atomic mass is 9.90. The van der Waals surface area contributed by atoms with Crippen LogP contribution in [0.2, 0.25) is 0 Å². The van der Waals surface area contributed by atoms with Gasteiger partial charge in [0.15, 0.2) is 0 Å². The van der Waals surface area contributed by atoms with Gasteiger partial charge in [-0.2, -0.15) is 0 Å². The van der Waals surface area contributed by atoms with Gasteiger partial charge < -0.3 is 0 Å². The van der Waals surface area contributed by atoms with E-state index < -0.39 is 0 Å². The quantitative estimate of drug-likeness (QED) is 0.104. The fraction of sp³-hybridized carbons (Fsp3) is 1.00. The SMILES string of the molecule is CCCCCCCCCCCCCCCCCCCCCCC(CCCC)CCCCC. The lowest BCUT2D eigenvalue weighted by Crippen LogP contribution is -2.01. The summed E-state index contributed by atoms with van der Waals surface area (Å²) in [5, 5.41) is 0. The van der Waals surface area contributed by atoms with Gasteiger partial charge in [0, 0.05) is 0 Å². The first-order valence-electron chi connectivity index (χ1n) is 15.8. The molecule has 0 saturated heterocycles. The normalized spacial score (nSPS) is 12.5. The lowest BCUT2D eigenvalue weighted by molar-refractivity contribution is 0.373. The molecule has 0 heteroatoms. The average molecular weight is 451 g/mol. The highest BCUT2D eigenvalue weighted by atomic mass is 14.1. The second-order valence-electron chi connectivity index (χ2n) is 11.0. The van der Waals surface area contributed by atoms with E-state index in [0.29, 0.717) is 0 Å². The van der Waals surface area contributed by atoms with Crippen LogP contribution in [-0.2, 0) is 0 Å². The minimum atomic E-state index is 1.04. The van der Waals surface area contributed by atoms with E-state index in [0.717, 1.165) is 5.92 Å². The van der Waals surface area contributed by atoms with E-state index in [1.807, 2.05) is 0 Å². The summed E-state index contributed by atoms with van der Waals surface area (Å²) in [5.74, 6) is 1.04. The summed E-state index contributed by atoms with van der Waals surface area (Å²) < 4.78 is 0. The van der Waals surface area contributed by atoms with E-state index in [2.05, 4.69) is 20.8 Å². The third kappa shape index (κ3) is 26.3. The molecular weight excluding hydrogens is 384 g/mol. The van der Waals surface area contributed by atoms with Crippen molar-refractivity contribution in [1.82, 2.24) is 0 Å². The van der Waals surface area contributed by atoms with Crippen molar-refractivity contribution in [2.45, 2.75) is 201 Å². The van der Waals surface area contributed by atoms with Gasteiger partial charge in [-0.05, 0) is 5.92 Å². The van der Waals surface area contributed by atoms with Crippen molar-refractivity contribution in [2.24, 2.45) is 5.92 Å². The maximum atomic E-state index is 2.35. The molecule has 0 fully saturated rings. The van der Waals surface area contributed by atoms with E-state index in [1.165, 1.54) is 180 Å². The van der Waals surface area contributed by atoms with E-state index in [1.54, 1.807) is 0 Å². The molecule has 0 aromatic heterocycles. The monoisotopic (exact) mass is 451 g/mol. The van der Waals surface area contributed by atoms with Crippen LogP contribution in [0.5, 0.6) is 0 Å². The number of rotatable bonds is 28. The molecule has 0 aliphatic carbocycles. The van der Waals surface area contributed by atoms with E-state index in [9.17, 15) is 0 Å². The van der Waals surface area contributed by atoms with Crippen LogP contribution in [0.1, 0.15) is 201 Å². The van der Waals surface area contributed by atoms with Crippen LogP contribution < -0.4 is 0 Å². The molecule has 0 radical (unpaired) electrons. The van der Waals surface area contributed by atoms with Gasteiger partial charge in [-0.3, -0.25) is 0 Å². The molecule has 0 spiro atoms. The highest BCUT2D eigenvalue weighted by Crippen LogP contribution is 2.23. The zero-order valence-corrected chi connectivity index (χ0v) is 23.4. The van der Waals surface area contributed by atoms with E-state index in [-0.39, 0.29) is 0 Å². The van der Waals surface area contributed by atoms with Crippen molar-refractivity contribution in [2.75, 3.05) is 0 Å². The molecule has 0 aliphatic heterocycles. The summed E-state index contributed by atoms with van der Waals surface area (Å²) >= 11 is 0. The molecule has 0 amide bonds. The molecule has 0 aromatic carbocycles. The van der Waals surface area contributed by atoms with E-state index in [4.69, 9.17) is 0 Å². The predicted octanol–water partition coefficient (Wildman–Crippen LogP) is 12.6. The van der Waals surface area contributed by atoms with Crippen molar-refractivity contribution in [3.05, 3.63) is 0 Å². The maximum absolute atomic E-state index is 2.35. The van der Waals surface area contributed by atoms with Gasteiger partial charge in [-0.15, -0.1) is 0 Å². The Morgan fingerprint density at radius 2 is 0.469 bits per heavy atom. The third-order valence-corrected chi connectivity index (χ3v) is 7.65. The zero-order chi connectivity index (χ0) is 23.4. The fourth-order valence-electron chi connectivity index (χ4n) is 5.30. The van der Waals surface area contributed by atoms with Crippen molar-refractivity contribution >= 4 is 0 Å². The smallest absolute Gasteiger partial charge is 0.0414 e. The molecule has 194 valence electrons. The topological polar surface area (TPSA) is 0 Å². The number of unbranched alkanes of at least 4 members (excludes halogenated alkanes) is 22. The Labute approximate surface area is 206 Å². The second-order valence-corrected chi connectivity index (χ2v) is 11.0. The Hall–Kier alpha value is 0. The highest BCUT2D eigenvalue weighted by Gasteiger charge is 2.07. The van der Waals surface area contributed by atoms with Gasteiger partial charge in [-0.1, -0.05) is 201 Å². The van der Waals surface area contributed by atoms with Gasteiger partial charge in [0.1, 0.15) is 0 Å². The van der Waals surface area contributed by atoms with Gasteiger partial charge in [0.05, 0.1) is 0 Å². The molecule has 0 aliphatic rings. The van der Waals surface area contributed by atoms with Crippen LogP contribution in [-0.4, -0.2) is 0 Å². The minimum Gasteiger partial charge on any atom is -0.0654 e. The van der Waals surface area contributed by atoms with Gasteiger partial charge in [0.25, 0.3) is 0 Å². The first-order chi connectivity index (χ1) is 15.8. The summed E-state index contributed by atoms with van der Waals surface area (Å²) in [6.07, 6.45) is 41.3. The molecule has 0 bridgehead atoms. The minimum absolute atomic E-state index is 1.04. The first-order valence-corrected chi connectivity index (χ1v) is 15.8. The van der Waals surface area contributed by atoms with Crippen molar-refractivity contribution in [1.29, 1.82) is 0 Å². The Morgan fingerprint density at radius 1 is 0.250 bits per heavy atom. The Bertz CT molecular complexity index is 307. The second kappa shape index (κ2) is 29.0. The molecule has 1 atom stereocenters. The Kier molecular flexibility index (Phi) is 29.0.